The summed E-state index contributed by atoms with van der Waals surface area (Å²) in [4.78, 5) is 43.8. The van der Waals surface area contributed by atoms with E-state index < -0.39 is 27.7 Å². The lowest BCUT2D eigenvalue weighted by Crippen LogP contribution is -2.41. The Bertz CT molecular complexity index is 1370. The number of carbonyl (C=O) groups is 2. The van der Waals surface area contributed by atoms with Crippen LogP contribution in [-0.4, -0.2) is 66.6 Å². The van der Waals surface area contributed by atoms with Crippen LogP contribution in [0.15, 0.2) is 46.3 Å². The van der Waals surface area contributed by atoms with E-state index in [1.54, 1.807) is 48.2 Å². The molecule has 0 aliphatic carbocycles. The lowest BCUT2D eigenvalue weighted by molar-refractivity contribution is -0.192. The van der Waals surface area contributed by atoms with Crippen LogP contribution in [0.25, 0.3) is 0 Å². The summed E-state index contributed by atoms with van der Waals surface area (Å²) in [6, 6.07) is 10.2. The number of carbonyl (C=O) groups excluding carboxylic acids is 1. The minimum atomic E-state index is -5.08. The monoisotopic (exact) mass is 590 g/mol. The number of amides is 1. The van der Waals surface area contributed by atoms with Crippen molar-refractivity contribution in [2.75, 3.05) is 17.8 Å². The number of H-pyrrole nitrogens is 1. The molecule has 1 fully saturated rings. The van der Waals surface area contributed by atoms with E-state index >= 15 is 0 Å². The van der Waals surface area contributed by atoms with Crippen LogP contribution in [0.1, 0.15) is 29.7 Å². The van der Waals surface area contributed by atoms with E-state index in [1.807, 2.05) is 0 Å². The fourth-order valence-corrected chi connectivity index (χ4v) is 4.85. The Morgan fingerprint density at radius 1 is 1.20 bits per heavy atom. The van der Waals surface area contributed by atoms with Crippen molar-refractivity contribution in [2.24, 2.45) is 16.6 Å². The molecule has 1 saturated heterocycles. The van der Waals surface area contributed by atoms with E-state index in [2.05, 4.69) is 14.9 Å². The number of nitrogens with one attached hydrogen (secondary N) is 2. The number of benzene rings is 1. The maximum absolute atomic E-state index is 12.9. The van der Waals surface area contributed by atoms with Crippen LogP contribution in [0, 0.1) is 6.92 Å². The second kappa shape index (κ2) is 13.7. The van der Waals surface area contributed by atoms with Crippen molar-refractivity contribution >= 4 is 33.5 Å². The fraction of sp³-hybridized carbons (Fsp3) is 0.391. The highest BCUT2D eigenvalue weighted by Gasteiger charge is 2.38. The third-order valence-corrected chi connectivity index (χ3v) is 6.62. The summed E-state index contributed by atoms with van der Waals surface area (Å²) in [6.45, 7) is 2.53. The van der Waals surface area contributed by atoms with Crippen LogP contribution in [0.3, 0.4) is 0 Å². The zero-order valence-electron chi connectivity index (χ0n) is 21.3. The number of carboxylic acid groups (broad SMARTS) is 1. The molecule has 0 spiro atoms. The molecule has 0 radical (unpaired) electrons. The number of nitrogens with zero attached hydrogens (tertiary/aromatic N) is 2. The lowest BCUT2D eigenvalue weighted by Gasteiger charge is -2.31. The number of nitrogens with two attached hydrogens (primary N) is 2. The number of oxime groups is 1. The number of guanidine groups is 1. The van der Waals surface area contributed by atoms with Crippen LogP contribution in [0.2, 0.25) is 0 Å². The number of rotatable bonds is 8. The number of piperidine rings is 1. The van der Waals surface area contributed by atoms with Gasteiger partial charge >= 0.3 is 12.1 Å². The zero-order valence-corrected chi connectivity index (χ0v) is 22.1. The van der Waals surface area contributed by atoms with Crippen LogP contribution < -0.4 is 21.7 Å². The topological polar surface area (TPSA) is 210 Å². The van der Waals surface area contributed by atoms with Crippen LogP contribution >= 0.6 is 0 Å². The highest BCUT2D eigenvalue weighted by Crippen LogP contribution is 2.19. The molecule has 0 saturated carbocycles. The predicted molar refractivity (Wildman–Crippen MR) is 138 cm³/mol. The quantitative estimate of drug-likeness (QED) is 0.168. The highest BCUT2D eigenvalue weighted by atomic mass is 32.2. The first-order valence-corrected chi connectivity index (χ1v) is 13.3. The maximum atomic E-state index is 12.9. The number of aromatic nitrogens is 1. The molecule has 0 unspecified atom stereocenters. The van der Waals surface area contributed by atoms with Crippen LogP contribution in [0.4, 0.5) is 18.9 Å². The number of hydrogen-bond donors (Lipinski definition) is 5. The number of halogens is 3. The van der Waals surface area contributed by atoms with Gasteiger partial charge in [-0.1, -0.05) is 30.3 Å². The Labute approximate surface area is 227 Å². The molecule has 7 N–H and O–H groups in total. The van der Waals surface area contributed by atoms with Crippen molar-refractivity contribution in [1.82, 2.24) is 9.88 Å². The normalized spacial score (nSPS) is 13.9. The van der Waals surface area contributed by atoms with Gasteiger partial charge in [0.25, 0.3) is 5.56 Å². The molecule has 3 rings (SSSR count). The Balaban J connectivity index is 0.000000708. The number of aliphatic carboxylic acids is 1. The minimum absolute atomic E-state index is 0.118. The standard InChI is InChI=1S/C21H28N6O5S.C2HF3O2/c1-14-11-16(12-18(28)27-9-7-17(8-10-27)32-25-21(22)23)19(20(29)24-14)26-33(30,31)13-15-5-3-2-4-6-15;3-2(4,5)1(6)7/h2-6,11,17,26H,7-10,12-13H2,1H3,(H,24,29)(H4,22,23,25);(H,6,7). The zero-order chi connectivity index (χ0) is 30.1. The second-order valence-corrected chi connectivity index (χ2v) is 10.4. The van der Waals surface area contributed by atoms with Crippen molar-refractivity contribution < 1.29 is 41.1 Å². The lowest BCUT2D eigenvalue weighted by atomic mass is 10.1. The van der Waals surface area contributed by atoms with Gasteiger partial charge in [0, 0.05) is 31.6 Å². The molecule has 2 heterocycles. The molecule has 0 bridgehead atoms. The van der Waals surface area contributed by atoms with Crippen molar-refractivity contribution in [3.63, 3.8) is 0 Å². The number of alkyl halides is 3. The molecular formula is C23H29F3N6O7S. The minimum Gasteiger partial charge on any atom is -0.475 e. The Morgan fingerprint density at radius 3 is 2.30 bits per heavy atom. The van der Waals surface area contributed by atoms with E-state index in [9.17, 15) is 31.2 Å². The first-order valence-electron chi connectivity index (χ1n) is 11.7. The number of aryl methyl sites for hydroxylation is 1. The summed E-state index contributed by atoms with van der Waals surface area (Å²) in [7, 11) is -3.87. The molecule has 0 atom stereocenters. The summed E-state index contributed by atoms with van der Waals surface area (Å²) >= 11 is 0. The van der Waals surface area contributed by atoms with Crippen LogP contribution in [0.5, 0.6) is 0 Å². The first-order chi connectivity index (χ1) is 18.6. The van der Waals surface area contributed by atoms with E-state index in [4.69, 9.17) is 26.2 Å². The van der Waals surface area contributed by atoms with Gasteiger partial charge in [0.2, 0.25) is 21.9 Å². The average molecular weight is 591 g/mol. The molecule has 1 aliphatic heterocycles. The van der Waals surface area contributed by atoms with Gasteiger partial charge in [0.05, 0.1) is 12.2 Å². The molecule has 2 aromatic rings. The van der Waals surface area contributed by atoms with Crippen molar-refractivity contribution in [3.05, 3.63) is 63.6 Å². The van der Waals surface area contributed by atoms with E-state index in [0.29, 0.717) is 42.8 Å². The van der Waals surface area contributed by atoms with Gasteiger partial charge in [-0.15, -0.1) is 0 Å². The number of carboxylic acids is 1. The number of hydrogen-bond acceptors (Lipinski definition) is 7. The van der Waals surface area contributed by atoms with Crippen LogP contribution in [-0.2, 0) is 36.6 Å². The van der Waals surface area contributed by atoms with Gasteiger partial charge < -0.3 is 31.3 Å². The van der Waals surface area contributed by atoms with Gasteiger partial charge in [-0.2, -0.15) is 13.2 Å². The summed E-state index contributed by atoms with van der Waals surface area (Å²) in [5.41, 5.74) is 11.2. The predicted octanol–water partition coefficient (Wildman–Crippen LogP) is 0.997. The fourth-order valence-electron chi connectivity index (χ4n) is 3.61. The third-order valence-electron chi connectivity index (χ3n) is 5.39. The van der Waals surface area contributed by atoms with E-state index in [-0.39, 0.29) is 35.8 Å². The molecule has 17 heteroatoms. The Hall–Kier alpha value is -4.28. The van der Waals surface area contributed by atoms with E-state index in [1.165, 1.54) is 0 Å². The molecule has 40 heavy (non-hydrogen) atoms. The Kier molecular flexibility index (Phi) is 10.9. The SMILES string of the molecule is Cc1cc(CC(=O)N2CCC(ON=C(N)N)CC2)c(NS(=O)(=O)Cc2ccccc2)c(=O)[nH]1.O=C(O)C(F)(F)F. The number of aromatic amines is 1. The first kappa shape index (κ1) is 31.9. The number of sulfonamides is 1. The van der Waals surface area contributed by atoms with Crippen molar-refractivity contribution in [2.45, 2.75) is 44.2 Å². The largest absolute Gasteiger partial charge is 0.490 e. The van der Waals surface area contributed by atoms with Gasteiger partial charge in [0.15, 0.2) is 0 Å². The van der Waals surface area contributed by atoms with Crippen molar-refractivity contribution in [1.29, 1.82) is 0 Å². The molecule has 1 amide bonds. The van der Waals surface area contributed by atoms with Gasteiger partial charge in [-0.25, -0.2) is 13.2 Å². The summed E-state index contributed by atoms with van der Waals surface area (Å²) in [6.07, 6.45) is -4.30. The molecule has 220 valence electrons. The number of likely N-dealkylation sites (tertiary alicyclic amines) is 1. The molecule has 1 aromatic heterocycles. The summed E-state index contributed by atoms with van der Waals surface area (Å²) < 4.78 is 59.5. The van der Waals surface area contributed by atoms with E-state index in [0.717, 1.165) is 0 Å². The molecule has 1 aromatic carbocycles. The molecule has 1 aliphatic rings. The van der Waals surface area contributed by atoms with Crippen molar-refractivity contribution in [3.8, 4) is 0 Å². The third kappa shape index (κ3) is 10.5. The summed E-state index contributed by atoms with van der Waals surface area (Å²) in [5.74, 6) is -3.44. The number of anilines is 1. The van der Waals surface area contributed by atoms with Gasteiger partial charge in [-0.3, -0.25) is 14.3 Å². The summed E-state index contributed by atoms with van der Waals surface area (Å²) in [5, 5.41) is 10.7. The smallest absolute Gasteiger partial charge is 0.475 e. The van der Waals surface area contributed by atoms with Gasteiger partial charge in [0.1, 0.15) is 11.8 Å². The molecular weight excluding hydrogens is 561 g/mol. The van der Waals surface area contributed by atoms with Gasteiger partial charge in [-0.05, 0) is 29.3 Å². The second-order valence-electron chi connectivity index (χ2n) is 8.71. The number of pyridine rings is 1. The molecule has 13 nitrogen and oxygen atoms in total. The Morgan fingerprint density at radius 2 is 1.77 bits per heavy atom. The highest BCUT2D eigenvalue weighted by molar-refractivity contribution is 7.91. The maximum Gasteiger partial charge on any atom is 0.490 e. The average Bonchev–Trinajstić information content (AvgIpc) is 2.85.